The average molecular weight is 336 g/mol. The van der Waals surface area contributed by atoms with E-state index in [0.29, 0.717) is 18.7 Å². The number of rotatable bonds is 7. The Hall–Kier alpha value is -3.05. The van der Waals surface area contributed by atoms with Gasteiger partial charge in [-0.05, 0) is 35.4 Å². The maximum absolute atomic E-state index is 12.6. The molecule has 3 aromatic rings. The zero-order valence-electron chi connectivity index (χ0n) is 13.7. The number of hydrogen-bond acceptors (Lipinski definition) is 4. The van der Waals surface area contributed by atoms with Crippen molar-refractivity contribution in [1.29, 1.82) is 0 Å². The first kappa shape index (κ1) is 16.8. The molecule has 3 N–H and O–H groups in total. The predicted molar refractivity (Wildman–Crippen MR) is 96.0 cm³/mol. The number of benzene rings is 2. The topological polar surface area (TPSA) is 74.5 Å². The Bertz CT molecular complexity index is 828. The smallest absolute Gasteiger partial charge is 0.253 e. The Kier molecular flexibility index (Phi) is 5.49. The highest BCUT2D eigenvalue weighted by Gasteiger charge is 2.11. The van der Waals surface area contributed by atoms with E-state index in [-0.39, 0.29) is 12.5 Å². The van der Waals surface area contributed by atoms with Gasteiger partial charge in [-0.2, -0.15) is 0 Å². The van der Waals surface area contributed by atoms with Gasteiger partial charge in [0.25, 0.3) is 5.91 Å². The van der Waals surface area contributed by atoms with Crippen molar-refractivity contribution in [3.05, 3.63) is 89.4 Å². The first-order valence-electron chi connectivity index (χ1n) is 8.09. The second kappa shape index (κ2) is 8.17. The van der Waals surface area contributed by atoms with Crippen LogP contribution in [0, 0.1) is 0 Å². The van der Waals surface area contributed by atoms with Crippen LogP contribution in [0.3, 0.4) is 0 Å². The molecule has 0 aliphatic rings. The number of carbonyl (C=O) groups excluding carboxylic acids is 1. The van der Waals surface area contributed by atoms with Gasteiger partial charge in [0.1, 0.15) is 5.76 Å². The molecule has 2 aromatic carbocycles. The van der Waals surface area contributed by atoms with E-state index in [4.69, 9.17) is 4.42 Å². The number of anilines is 1. The molecule has 0 spiro atoms. The lowest BCUT2D eigenvalue weighted by Gasteiger charge is -2.13. The van der Waals surface area contributed by atoms with Gasteiger partial charge in [-0.25, -0.2) is 0 Å². The zero-order chi connectivity index (χ0) is 17.5. The Morgan fingerprint density at radius 1 is 0.920 bits per heavy atom. The summed E-state index contributed by atoms with van der Waals surface area (Å²) in [5, 5.41) is 15.5. The van der Waals surface area contributed by atoms with Gasteiger partial charge in [-0.3, -0.25) is 4.79 Å². The lowest BCUT2D eigenvalue weighted by atomic mass is 10.1. The number of aliphatic hydroxyl groups excluding tert-OH is 1. The minimum Gasteiger partial charge on any atom is -0.467 e. The van der Waals surface area contributed by atoms with E-state index >= 15 is 0 Å². The second-order valence-corrected chi connectivity index (χ2v) is 5.59. The van der Waals surface area contributed by atoms with Crippen LogP contribution < -0.4 is 10.6 Å². The summed E-state index contributed by atoms with van der Waals surface area (Å²) in [6.07, 6.45) is 1.62. The summed E-state index contributed by atoms with van der Waals surface area (Å²) in [7, 11) is 0. The van der Waals surface area contributed by atoms with E-state index in [2.05, 4.69) is 10.6 Å². The lowest BCUT2D eigenvalue weighted by molar-refractivity contribution is 0.0951. The fourth-order valence-corrected chi connectivity index (χ4v) is 2.59. The summed E-state index contributed by atoms with van der Waals surface area (Å²) in [6, 6.07) is 18.5. The van der Waals surface area contributed by atoms with Crippen molar-refractivity contribution < 1.29 is 14.3 Å². The third-order valence-corrected chi connectivity index (χ3v) is 3.93. The molecule has 0 radical (unpaired) electrons. The fourth-order valence-electron chi connectivity index (χ4n) is 2.59. The van der Waals surface area contributed by atoms with Crippen LogP contribution in [0.15, 0.2) is 71.3 Å². The molecule has 25 heavy (non-hydrogen) atoms. The number of amides is 1. The number of nitrogens with one attached hydrogen (secondary N) is 2. The standard InChI is InChI=1S/C20H20N2O3/c23-14-16-7-2-1-6-15(16)12-22-20(24)18-9-3-4-10-19(18)21-13-17-8-5-11-25-17/h1-11,21,23H,12-14H2,(H,22,24). The summed E-state index contributed by atoms with van der Waals surface area (Å²) >= 11 is 0. The Morgan fingerprint density at radius 3 is 2.44 bits per heavy atom. The normalized spacial score (nSPS) is 10.4. The van der Waals surface area contributed by atoms with Crippen molar-refractivity contribution in [2.45, 2.75) is 19.7 Å². The van der Waals surface area contributed by atoms with Crippen molar-refractivity contribution in [3.8, 4) is 0 Å². The third-order valence-electron chi connectivity index (χ3n) is 3.93. The van der Waals surface area contributed by atoms with Crippen LogP contribution in [-0.2, 0) is 19.7 Å². The molecule has 0 saturated heterocycles. The van der Waals surface area contributed by atoms with Gasteiger partial charge in [0.15, 0.2) is 0 Å². The lowest BCUT2D eigenvalue weighted by Crippen LogP contribution is -2.24. The molecule has 0 atom stereocenters. The van der Waals surface area contributed by atoms with E-state index in [1.54, 1.807) is 12.3 Å². The van der Waals surface area contributed by atoms with Crippen molar-refractivity contribution in [3.63, 3.8) is 0 Å². The van der Waals surface area contributed by atoms with E-state index in [0.717, 1.165) is 22.6 Å². The molecule has 128 valence electrons. The summed E-state index contributed by atoms with van der Waals surface area (Å²) in [4.78, 5) is 12.6. The van der Waals surface area contributed by atoms with Crippen molar-refractivity contribution in [2.75, 3.05) is 5.32 Å². The van der Waals surface area contributed by atoms with Gasteiger partial charge in [0, 0.05) is 12.2 Å². The number of furan rings is 1. The quantitative estimate of drug-likeness (QED) is 0.619. The van der Waals surface area contributed by atoms with Crippen LogP contribution in [0.4, 0.5) is 5.69 Å². The molecule has 5 heteroatoms. The first-order chi connectivity index (χ1) is 12.3. The number of hydrogen-bond donors (Lipinski definition) is 3. The Morgan fingerprint density at radius 2 is 1.68 bits per heavy atom. The van der Waals surface area contributed by atoms with Crippen LogP contribution in [-0.4, -0.2) is 11.0 Å². The van der Waals surface area contributed by atoms with Crippen molar-refractivity contribution >= 4 is 11.6 Å². The summed E-state index contributed by atoms with van der Waals surface area (Å²) in [6.45, 7) is 0.820. The highest BCUT2D eigenvalue weighted by molar-refractivity contribution is 5.99. The highest BCUT2D eigenvalue weighted by atomic mass is 16.3. The third kappa shape index (κ3) is 4.28. The van der Waals surface area contributed by atoms with Crippen LogP contribution >= 0.6 is 0 Å². The summed E-state index contributed by atoms with van der Waals surface area (Å²) < 4.78 is 5.30. The zero-order valence-corrected chi connectivity index (χ0v) is 13.7. The van der Waals surface area contributed by atoms with Crippen LogP contribution in [0.25, 0.3) is 0 Å². The second-order valence-electron chi connectivity index (χ2n) is 5.59. The molecule has 0 bridgehead atoms. The van der Waals surface area contributed by atoms with Gasteiger partial charge in [0.2, 0.25) is 0 Å². The largest absolute Gasteiger partial charge is 0.467 e. The SMILES string of the molecule is O=C(NCc1ccccc1CO)c1ccccc1NCc1ccco1. The first-order valence-corrected chi connectivity index (χ1v) is 8.09. The monoisotopic (exact) mass is 336 g/mol. The molecule has 1 heterocycles. The van der Waals surface area contributed by atoms with Crippen molar-refractivity contribution in [1.82, 2.24) is 5.32 Å². The molecule has 0 aliphatic carbocycles. The minimum atomic E-state index is -0.171. The van der Waals surface area contributed by atoms with Gasteiger partial charge in [0.05, 0.1) is 25.0 Å². The van der Waals surface area contributed by atoms with Gasteiger partial charge < -0.3 is 20.2 Å². The van der Waals surface area contributed by atoms with Gasteiger partial charge >= 0.3 is 0 Å². The Labute approximate surface area is 146 Å². The number of carbonyl (C=O) groups is 1. The molecule has 5 nitrogen and oxygen atoms in total. The average Bonchev–Trinajstić information content (AvgIpc) is 3.18. The minimum absolute atomic E-state index is 0.0483. The Balaban J connectivity index is 1.67. The van der Waals surface area contributed by atoms with E-state index < -0.39 is 0 Å². The van der Waals surface area contributed by atoms with E-state index in [9.17, 15) is 9.90 Å². The maximum Gasteiger partial charge on any atom is 0.253 e. The molecule has 0 saturated carbocycles. The van der Waals surface area contributed by atoms with Crippen LogP contribution in [0.1, 0.15) is 27.2 Å². The fraction of sp³-hybridized carbons (Fsp3) is 0.150. The number of aliphatic hydroxyl groups is 1. The summed E-state index contributed by atoms with van der Waals surface area (Å²) in [5.41, 5.74) is 3.02. The molecule has 0 aliphatic heterocycles. The van der Waals surface area contributed by atoms with E-state index in [1.165, 1.54) is 0 Å². The molecule has 0 unspecified atom stereocenters. The van der Waals surface area contributed by atoms with Crippen molar-refractivity contribution in [2.24, 2.45) is 0 Å². The molecule has 0 fully saturated rings. The molecule has 1 amide bonds. The van der Waals surface area contributed by atoms with E-state index in [1.807, 2.05) is 54.6 Å². The molecule has 3 rings (SSSR count). The van der Waals surface area contributed by atoms with Crippen LogP contribution in [0.2, 0.25) is 0 Å². The highest BCUT2D eigenvalue weighted by Crippen LogP contribution is 2.17. The van der Waals surface area contributed by atoms with Crippen LogP contribution in [0.5, 0.6) is 0 Å². The van der Waals surface area contributed by atoms with Gasteiger partial charge in [-0.1, -0.05) is 36.4 Å². The molecular weight excluding hydrogens is 316 g/mol. The summed E-state index contributed by atoms with van der Waals surface area (Å²) in [5.74, 6) is 0.627. The maximum atomic E-state index is 12.6. The molecule has 1 aromatic heterocycles. The number of para-hydroxylation sites is 1. The predicted octanol–water partition coefficient (Wildman–Crippen LogP) is 3.31. The molecular formula is C20H20N2O3. The van der Waals surface area contributed by atoms with Gasteiger partial charge in [-0.15, -0.1) is 0 Å².